The maximum Gasteiger partial charge on any atom is 0.338 e. The fourth-order valence-corrected chi connectivity index (χ4v) is 5.80. The van der Waals surface area contributed by atoms with Crippen molar-refractivity contribution in [2.75, 3.05) is 7.11 Å². The lowest BCUT2D eigenvalue weighted by Crippen LogP contribution is -2.39. The molecule has 176 valence electrons. The number of nitro groups is 1. The Kier molecular flexibility index (Phi) is 5.79. The van der Waals surface area contributed by atoms with Gasteiger partial charge in [0.05, 0.1) is 33.4 Å². The Morgan fingerprint density at radius 2 is 2.03 bits per heavy atom. The molecule has 0 amide bonds. The molecule has 3 aromatic heterocycles. The van der Waals surface area contributed by atoms with Crippen molar-refractivity contribution in [1.29, 1.82) is 0 Å². The van der Waals surface area contributed by atoms with Crippen molar-refractivity contribution < 1.29 is 18.9 Å². The molecule has 0 N–H and O–H groups in total. The number of rotatable bonds is 5. The Balaban J connectivity index is 1.63. The molecule has 5 rings (SSSR count). The van der Waals surface area contributed by atoms with Gasteiger partial charge >= 0.3 is 5.97 Å². The summed E-state index contributed by atoms with van der Waals surface area (Å²) >= 11 is 2.61. The minimum absolute atomic E-state index is 0.0745. The first kappa shape index (κ1) is 22.7. The first-order chi connectivity index (χ1) is 16.9. The molecule has 0 radical (unpaired) electrons. The van der Waals surface area contributed by atoms with Crippen molar-refractivity contribution in [2.24, 2.45) is 4.99 Å². The van der Waals surface area contributed by atoms with Crippen molar-refractivity contribution in [2.45, 2.75) is 13.0 Å². The molecule has 0 bridgehead atoms. The van der Waals surface area contributed by atoms with Gasteiger partial charge in [-0.2, -0.15) is 0 Å². The van der Waals surface area contributed by atoms with Crippen LogP contribution in [0.2, 0.25) is 0 Å². The molecule has 0 fully saturated rings. The van der Waals surface area contributed by atoms with E-state index in [-0.39, 0.29) is 11.2 Å². The van der Waals surface area contributed by atoms with Gasteiger partial charge in [0.1, 0.15) is 17.6 Å². The second-order valence-corrected chi connectivity index (χ2v) is 9.55. The van der Waals surface area contributed by atoms with Crippen molar-refractivity contribution in [3.05, 3.63) is 106 Å². The number of aromatic nitrogens is 1. The Labute approximate surface area is 205 Å². The quantitative estimate of drug-likeness (QED) is 0.231. The van der Waals surface area contributed by atoms with E-state index in [9.17, 15) is 19.7 Å². The van der Waals surface area contributed by atoms with E-state index in [4.69, 9.17) is 9.15 Å². The monoisotopic (exact) mass is 507 g/mol. The average Bonchev–Trinajstić information content (AvgIpc) is 3.60. The van der Waals surface area contributed by atoms with E-state index in [1.54, 1.807) is 43.3 Å². The summed E-state index contributed by atoms with van der Waals surface area (Å²) in [6, 6.07) is 12.6. The van der Waals surface area contributed by atoms with Crippen LogP contribution in [0.3, 0.4) is 0 Å². The highest BCUT2D eigenvalue weighted by molar-refractivity contribution is 7.10. The summed E-state index contributed by atoms with van der Waals surface area (Å²) < 4.78 is 12.7. The van der Waals surface area contributed by atoms with E-state index < -0.39 is 16.9 Å². The van der Waals surface area contributed by atoms with Gasteiger partial charge < -0.3 is 9.15 Å². The maximum atomic E-state index is 13.5. The molecule has 9 nitrogen and oxygen atoms in total. The topological polar surface area (TPSA) is 117 Å². The molecule has 35 heavy (non-hydrogen) atoms. The molecule has 0 saturated heterocycles. The number of allylic oxidation sites excluding steroid dienone is 1. The number of benzene rings is 1. The number of nitrogens with zero attached hydrogens (tertiary/aromatic N) is 3. The summed E-state index contributed by atoms with van der Waals surface area (Å²) in [5, 5.41) is 13.2. The second-order valence-electron chi connectivity index (χ2n) is 7.57. The van der Waals surface area contributed by atoms with Crippen molar-refractivity contribution in [3.8, 4) is 11.3 Å². The van der Waals surface area contributed by atoms with Crippen LogP contribution in [-0.4, -0.2) is 22.6 Å². The summed E-state index contributed by atoms with van der Waals surface area (Å²) in [5.41, 5.74) is 0.735. The van der Waals surface area contributed by atoms with Crippen LogP contribution in [0.4, 0.5) is 5.69 Å². The van der Waals surface area contributed by atoms with Gasteiger partial charge in [0.15, 0.2) is 4.80 Å². The number of thiazole rings is 1. The van der Waals surface area contributed by atoms with Gasteiger partial charge in [-0.25, -0.2) is 9.79 Å². The third-order valence-corrected chi connectivity index (χ3v) is 7.41. The van der Waals surface area contributed by atoms with Crippen LogP contribution in [0.15, 0.2) is 79.4 Å². The van der Waals surface area contributed by atoms with Crippen LogP contribution in [0, 0.1) is 10.1 Å². The van der Waals surface area contributed by atoms with Crippen LogP contribution >= 0.6 is 22.7 Å². The molecule has 0 saturated carbocycles. The number of methoxy groups -OCH3 is 1. The first-order valence-corrected chi connectivity index (χ1v) is 12.1. The normalized spacial score (nSPS) is 15.6. The molecule has 1 aromatic carbocycles. The van der Waals surface area contributed by atoms with Gasteiger partial charge in [-0.05, 0) is 36.6 Å². The number of fused-ring (bicyclic) bond motifs is 1. The summed E-state index contributed by atoms with van der Waals surface area (Å²) in [5.74, 6) is 0.135. The molecule has 0 aliphatic carbocycles. The number of esters is 1. The SMILES string of the molecule is COC(=O)C1=C(C)N=c2sc(=Cc3ccc(-c4ccccc4[N+](=O)[O-])o3)c(=O)n2C1c1cccs1. The number of furan rings is 1. The third kappa shape index (κ3) is 3.94. The highest BCUT2D eigenvalue weighted by atomic mass is 32.1. The van der Waals surface area contributed by atoms with Crippen molar-refractivity contribution >= 4 is 40.4 Å². The van der Waals surface area contributed by atoms with Crippen LogP contribution in [0.5, 0.6) is 0 Å². The number of hydrogen-bond acceptors (Lipinski definition) is 9. The molecule has 1 aliphatic rings. The lowest BCUT2D eigenvalue weighted by atomic mass is 10.0. The zero-order valence-corrected chi connectivity index (χ0v) is 20.1. The zero-order chi connectivity index (χ0) is 24.7. The Bertz CT molecular complexity index is 1670. The van der Waals surface area contributed by atoms with E-state index in [2.05, 4.69) is 4.99 Å². The predicted octanol–water partition coefficient (Wildman–Crippen LogP) is 3.64. The molecule has 1 atom stereocenters. The van der Waals surface area contributed by atoms with Gasteiger partial charge in [0.2, 0.25) is 0 Å². The van der Waals surface area contributed by atoms with E-state index in [1.807, 2.05) is 17.5 Å². The fraction of sp³-hybridized carbons (Fsp3) is 0.125. The van der Waals surface area contributed by atoms with Gasteiger partial charge in [-0.15, -0.1) is 11.3 Å². The number of carbonyl (C=O) groups is 1. The zero-order valence-electron chi connectivity index (χ0n) is 18.5. The number of para-hydroxylation sites is 1. The highest BCUT2D eigenvalue weighted by Gasteiger charge is 2.33. The van der Waals surface area contributed by atoms with E-state index >= 15 is 0 Å². The number of ether oxygens (including phenoxy) is 1. The predicted molar refractivity (Wildman–Crippen MR) is 131 cm³/mol. The molecule has 4 aromatic rings. The molecule has 1 unspecified atom stereocenters. The van der Waals surface area contributed by atoms with Crippen LogP contribution in [-0.2, 0) is 9.53 Å². The van der Waals surface area contributed by atoms with Crippen molar-refractivity contribution in [3.63, 3.8) is 0 Å². The Morgan fingerprint density at radius 3 is 2.74 bits per heavy atom. The molecule has 1 aliphatic heterocycles. The molecular weight excluding hydrogens is 490 g/mol. The number of hydrogen-bond donors (Lipinski definition) is 0. The standard InChI is InChI=1S/C24H17N3O6S2/c1-13-20(23(29)32-2)21(18-8-5-11-34-18)26-22(28)19(35-24(26)25-13)12-14-9-10-17(33-14)15-6-3-4-7-16(15)27(30)31/h3-12,21H,1-2H3. The van der Waals surface area contributed by atoms with E-state index in [1.165, 1.54) is 40.4 Å². The van der Waals surface area contributed by atoms with Crippen LogP contribution in [0.1, 0.15) is 23.6 Å². The summed E-state index contributed by atoms with van der Waals surface area (Å²) in [7, 11) is 1.30. The van der Waals surface area contributed by atoms with E-state index in [0.717, 1.165) is 4.88 Å². The lowest BCUT2D eigenvalue weighted by Gasteiger charge is -2.22. The Hall–Kier alpha value is -4.09. The number of carbonyl (C=O) groups excluding carboxylic acids is 1. The van der Waals surface area contributed by atoms with Gasteiger partial charge in [0.25, 0.3) is 11.2 Å². The first-order valence-electron chi connectivity index (χ1n) is 10.4. The van der Waals surface area contributed by atoms with Gasteiger partial charge in [-0.3, -0.25) is 19.5 Å². The lowest BCUT2D eigenvalue weighted by molar-refractivity contribution is -0.384. The van der Waals surface area contributed by atoms with Crippen LogP contribution in [0.25, 0.3) is 17.4 Å². The fourth-order valence-electron chi connectivity index (χ4n) is 3.95. The summed E-state index contributed by atoms with van der Waals surface area (Å²) in [6.45, 7) is 1.72. The summed E-state index contributed by atoms with van der Waals surface area (Å²) in [4.78, 5) is 42.7. The summed E-state index contributed by atoms with van der Waals surface area (Å²) in [6.07, 6.45) is 1.57. The molecule has 4 heterocycles. The van der Waals surface area contributed by atoms with Gasteiger partial charge in [-0.1, -0.05) is 29.5 Å². The largest absolute Gasteiger partial charge is 0.466 e. The third-order valence-electron chi connectivity index (χ3n) is 5.51. The van der Waals surface area contributed by atoms with Gasteiger partial charge in [0, 0.05) is 17.0 Å². The maximum absolute atomic E-state index is 13.5. The van der Waals surface area contributed by atoms with Crippen LogP contribution < -0.4 is 14.9 Å². The highest BCUT2D eigenvalue weighted by Crippen LogP contribution is 2.33. The smallest absolute Gasteiger partial charge is 0.338 e. The molecular formula is C24H17N3O6S2. The Morgan fingerprint density at radius 1 is 1.23 bits per heavy atom. The second kappa shape index (κ2) is 8.93. The minimum Gasteiger partial charge on any atom is -0.466 e. The number of thiophene rings is 1. The number of nitro benzene ring substituents is 1. The van der Waals surface area contributed by atoms with E-state index in [0.29, 0.717) is 37.7 Å². The average molecular weight is 508 g/mol. The van der Waals surface area contributed by atoms with Crippen molar-refractivity contribution in [1.82, 2.24) is 4.57 Å². The molecule has 11 heteroatoms. The minimum atomic E-state index is -0.653. The molecule has 0 spiro atoms.